The van der Waals surface area contributed by atoms with Crippen molar-refractivity contribution < 1.29 is 14.3 Å². The summed E-state index contributed by atoms with van der Waals surface area (Å²) in [4.78, 5) is 14.4. The van der Waals surface area contributed by atoms with E-state index in [1.54, 1.807) is 0 Å². The Morgan fingerprint density at radius 3 is 2.59 bits per heavy atom. The van der Waals surface area contributed by atoms with Gasteiger partial charge in [0.05, 0.1) is 20.3 Å². The maximum absolute atomic E-state index is 12.1. The van der Waals surface area contributed by atoms with E-state index in [4.69, 9.17) is 9.47 Å². The number of morpholine rings is 1. The average molecular weight is 242 g/mol. The van der Waals surface area contributed by atoms with Crippen LogP contribution in [0.1, 0.15) is 12.8 Å². The zero-order valence-electron chi connectivity index (χ0n) is 10.7. The van der Waals surface area contributed by atoms with E-state index in [-0.39, 0.29) is 5.97 Å². The highest BCUT2D eigenvalue weighted by Crippen LogP contribution is 2.40. The van der Waals surface area contributed by atoms with E-state index in [1.165, 1.54) is 7.11 Å². The number of methoxy groups -OCH3 is 1. The second kappa shape index (κ2) is 5.33. The van der Waals surface area contributed by atoms with Crippen LogP contribution < -0.4 is 5.32 Å². The van der Waals surface area contributed by atoms with Crippen molar-refractivity contribution in [2.24, 2.45) is 5.92 Å². The first-order valence-electron chi connectivity index (χ1n) is 6.30. The molecule has 1 saturated carbocycles. The SMILES string of the molecule is CNC(CN1CCOCC1)(C(=O)OC)C1CC1. The number of carbonyl (C=O) groups excluding carboxylic acids is 1. The predicted molar refractivity (Wildman–Crippen MR) is 63.8 cm³/mol. The first kappa shape index (κ1) is 12.8. The Morgan fingerprint density at radius 2 is 2.12 bits per heavy atom. The van der Waals surface area contributed by atoms with Crippen LogP contribution in [0.3, 0.4) is 0 Å². The van der Waals surface area contributed by atoms with Gasteiger partial charge in [0.1, 0.15) is 5.54 Å². The largest absolute Gasteiger partial charge is 0.468 e. The van der Waals surface area contributed by atoms with E-state index in [2.05, 4.69) is 10.2 Å². The molecule has 1 saturated heterocycles. The van der Waals surface area contributed by atoms with Gasteiger partial charge in [-0.25, -0.2) is 4.79 Å². The van der Waals surface area contributed by atoms with Crippen LogP contribution in [-0.2, 0) is 14.3 Å². The van der Waals surface area contributed by atoms with Crippen LogP contribution in [0.5, 0.6) is 0 Å². The Labute approximate surface area is 102 Å². The molecule has 1 N–H and O–H groups in total. The van der Waals surface area contributed by atoms with E-state index in [1.807, 2.05) is 7.05 Å². The van der Waals surface area contributed by atoms with Gasteiger partial charge >= 0.3 is 5.97 Å². The Morgan fingerprint density at radius 1 is 1.47 bits per heavy atom. The van der Waals surface area contributed by atoms with Crippen molar-refractivity contribution in [1.82, 2.24) is 10.2 Å². The second-order valence-corrected chi connectivity index (χ2v) is 4.88. The summed E-state index contributed by atoms with van der Waals surface area (Å²) in [7, 11) is 3.33. The van der Waals surface area contributed by atoms with E-state index >= 15 is 0 Å². The minimum absolute atomic E-state index is 0.131. The molecule has 0 radical (unpaired) electrons. The summed E-state index contributed by atoms with van der Waals surface area (Å²) in [5.41, 5.74) is -0.522. The van der Waals surface area contributed by atoms with E-state index in [9.17, 15) is 4.79 Å². The van der Waals surface area contributed by atoms with Gasteiger partial charge in [-0.05, 0) is 25.8 Å². The van der Waals surface area contributed by atoms with Gasteiger partial charge in [0, 0.05) is 19.6 Å². The molecule has 1 aliphatic carbocycles. The third kappa shape index (κ3) is 2.61. The van der Waals surface area contributed by atoms with Crippen LogP contribution in [0.25, 0.3) is 0 Å². The zero-order chi connectivity index (χ0) is 12.3. The Balaban J connectivity index is 2.05. The third-order valence-electron chi connectivity index (χ3n) is 3.85. The van der Waals surface area contributed by atoms with Crippen LogP contribution >= 0.6 is 0 Å². The summed E-state index contributed by atoms with van der Waals surface area (Å²) >= 11 is 0. The molecule has 2 fully saturated rings. The van der Waals surface area contributed by atoms with Crippen LogP contribution in [0.4, 0.5) is 0 Å². The van der Waals surface area contributed by atoms with Crippen molar-refractivity contribution in [3.8, 4) is 0 Å². The molecule has 98 valence electrons. The monoisotopic (exact) mass is 242 g/mol. The molecule has 1 atom stereocenters. The number of likely N-dealkylation sites (N-methyl/N-ethyl adjacent to an activating group) is 1. The summed E-state index contributed by atoms with van der Waals surface area (Å²) in [6, 6.07) is 0. The smallest absolute Gasteiger partial charge is 0.327 e. The number of esters is 1. The standard InChI is InChI=1S/C12H22N2O3/c1-13-12(10-3-4-10,11(15)16-2)9-14-5-7-17-8-6-14/h10,13H,3-9H2,1-2H3. The number of hydrogen-bond donors (Lipinski definition) is 1. The Bertz CT molecular complexity index is 275. The summed E-state index contributed by atoms with van der Waals surface area (Å²) in [5.74, 6) is 0.289. The number of nitrogens with one attached hydrogen (secondary N) is 1. The van der Waals surface area contributed by atoms with Crippen molar-refractivity contribution in [1.29, 1.82) is 0 Å². The predicted octanol–water partition coefficient (Wildman–Crippen LogP) is -0.140. The minimum Gasteiger partial charge on any atom is -0.468 e. The van der Waals surface area contributed by atoms with Gasteiger partial charge in [0.15, 0.2) is 0 Å². The quantitative estimate of drug-likeness (QED) is 0.680. The van der Waals surface area contributed by atoms with Gasteiger partial charge in [0.25, 0.3) is 0 Å². The molecule has 1 aliphatic heterocycles. The molecule has 2 rings (SSSR count). The molecule has 0 bridgehead atoms. The molecule has 0 aromatic rings. The van der Waals surface area contributed by atoms with Gasteiger partial charge in [-0.3, -0.25) is 4.90 Å². The number of carbonyl (C=O) groups is 1. The lowest BCUT2D eigenvalue weighted by atomic mass is 9.92. The lowest BCUT2D eigenvalue weighted by Crippen LogP contribution is -2.61. The van der Waals surface area contributed by atoms with Crippen molar-refractivity contribution in [3.05, 3.63) is 0 Å². The molecule has 0 spiro atoms. The lowest BCUT2D eigenvalue weighted by molar-refractivity contribution is -0.151. The van der Waals surface area contributed by atoms with Gasteiger partial charge < -0.3 is 14.8 Å². The van der Waals surface area contributed by atoms with Crippen LogP contribution in [0.15, 0.2) is 0 Å². The fourth-order valence-electron chi connectivity index (χ4n) is 2.62. The Kier molecular flexibility index (Phi) is 4.01. The summed E-state index contributed by atoms with van der Waals surface area (Å²) < 4.78 is 10.3. The summed E-state index contributed by atoms with van der Waals surface area (Å²) in [6.07, 6.45) is 2.22. The summed E-state index contributed by atoms with van der Waals surface area (Å²) in [6.45, 7) is 4.03. The fraction of sp³-hybridized carbons (Fsp3) is 0.917. The topological polar surface area (TPSA) is 50.8 Å². The van der Waals surface area contributed by atoms with Crippen LogP contribution in [0, 0.1) is 5.92 Å². The molecule has 5 heteroatoms. The van der Waals surface area contributed by atoms with Gasteiger partial charge in [0.2, 0.25) is 0 Å². The van der Waals surface area contributed by atoms with Gasteiger partial charge in [-0.15, -0.1) is 0 Å². The second-order valence-electron chi connectivity index (χ2n) is 4.88. The molecule has 1 heterocycles. The van der Waals surface area contributed by atoms with Crippen LogP contribution in [0.2, 0.25) is 0 Å². The highest BCUT2D eigenvalue weighted by atomic mass is 16.5. The molecular formula is C12H22N2O3. The van der Waals surface area contributed by atoms with Crippen molar-refractivity contribution in [2.75, 3.05) is 47.0 Å². The molecule has 1 unspecified atom stereocenters. The number of nitrogens with zero attached hydrogens (tertiary/aromatic N) is 1. The molecule has 0 amide bonds. The molecule has 0 aromatic carbocycles. The molecule has 0 aromatic heterocycles. The zero-order valence-corrected chi connectivity index (χ0v) is 10.7. The lowest BCUT2D eigenvalue weighted by Gasteiger charge is -2.37. The van der Waals surface area contributed by atoms with Crippen molar-refractivity contribution in [3.63, 3.8) is 0 Å². The normalized spacial score (nSPS) is 25.3. The fourth-order valence-corrected chi connectivity index (χ4v) is 2.62. The maximum atomic E-state index is 12.1. The highest BCUT2D eigenvalue weighted by Gasteiger charge is 2.51. The van der Waals surface area contributed by atoms with Crippen LogP contribution in [-0.4, -0.2) is 63.4 Å². The van der Waals surface area contributed by atoms with Gasteiger partial charge in [-0.1, -0.05) is 0 Å². The van der Waals surface area contributed by atoms with Gasteiger partial charge in [-0.2, -0.15) is 0 Å². The van der Waals surface area contributed by atoms with E-state index in [0.29, 0.717) is 5.92 Å². The third-order valence-corrected chi connectivity index (χ3v) is 3.85. The summed E-state index contributed by atoms with van der Waals surface area (Å²) in [5, 5.41) is 3.22. The molecular weight excluding hydrogens is 220 g/mol. The minimum atomic E-state index is -0.522. The average Bonchev–Trinajstić information content (AvgIpc) is 3.21. The molecule has 17 heavy (non-hydrogen) atoms. The van der Waals surface area contributed by atoms with E-state index in [0.717, 1.165) is 45.7 Å². The first-order chi connectivity index (χ1) is 8.23. The van der Waals surface area contributed by atoms with Crippen molar-refractivity contribution >= 4 is 5.97 Å². The maximum Gasteiger partial charge on any atom is 0.327 e. The number of rotatable bonds is 5. The van der Waals surface area contributed by atoms with E-state index < -0.39 is 5.54 Å². The number of hydrogen-bond acceptors (Lipinski definition) is 5. The number of ether oxygens (including phenoxy) is 2. The highest BCUT2D eigenvalue weighted by molar-refractivity contribution is 5.82. The molecule has 2 aliphatic rings. The Hall–Kier alpha value is -0.650. The first-order valence-corrected chi connectivity index (χ1v) is 6.30. The van der Waals surface area contributed by atoms with Crippen molar-refractivity contribution in [2.45, 2.75) is 18.4 Å². The molecule has 5 nitrogen and oxygen atoms in total.